The van der Waals surface area contributed by atoms with Crippen LogP contribution >= 0.6 is 0 Å². The van der Waals surface area contributed by atoms with Crippen LogP contribution in [0.2, 0.25) is 0 Å². The van der Waals surface area contributed by atoms with Crippen molar-refractivity contribution < 1.29 is 14.3 Å². The standard InChI is InChI=1S/C24H22N4O3/c1-15-22-18(12-19(16-8-4-3-5-9-16)26-23(22)28(2)27-15)24(29)25-13-17-14-30-20-10-6-7-11-21(20)31-17/h3-12,17H,13-14H2,1-2H3,(H,25,29). The number of nitrogens with zero attached hydrogens (tertiary/aromatic N) is 3. The summed E-state index contributed by atoms with van der Waals surface area (Å²) in [5, 5.41) is 8.23. The Morgan fingerprint density at radius 1 is 1.13 bits per heavy atom. The summed E-state index contributed by atoms with van der Waals surface area (Å²) in [6.07, 6.45) is -0.264. The lowest BCUT2D eigenvalue weighted by Crippen LogP contribution is -2.40. The first kappa shape index (κ1) is 19.1. The van der Waals surface area contributed by atoms with E-state index in [1.807, 2.05) is 74.6 Å². The largest absolute Gasteiger partial charge is 0.486 e. The molecule has 7 nitrogen and oxygen atoms in total. The van der Waals surface area contributed by atoms with Gasteiger partial charge in [0.05, 0.1) is 28.9 Å². The second-order valence-corrected chi connectivity index (χ2v) is 7.54. The molecule has 5 rings (SSSR count). The summed E-state index contributed by atoms with van der Waals surface area (Å²) in [5.41, 5.74) is 3.66. The Morgan fingerprint density at radius 3 is 2.68 bits per heavy atom. The summed E-state index contributed by atoms with van der Waals surface area (Å²) in [6.45, 7) is 2.60. The third-order valence-corrected chi connectivity index (χ3v) is 5.34. The van der Waals surface area contributed by atoms with Crippen molar-refractivity contribution in [2.24, 2.45) is 7.05 Å². The van der Waals surface area contributed by atoms with Gasteiger partial charge in [0.2, 0.25) is 0 Å². The number of benzene rings is 2. The van der Waals surface area contributed by atoms with Gasteiger partial charge in [0, 0.05) is 12.6 Å². The van der Waals surface area contributed by atoms with E-state index >= 15 is 0 Å². The van der Waals surface area contributed by atoms with Crippen LogP contribution in [0.15, 0.2) is 60.7 Å². The van der Waals surface area contributed by atoms with E-state index in [0.717, 1.165) is 28.1 Å². The van der Waals surface area contributed by atoms with Crippen molar-refractivity contribution in [3.05, 3.63) is 71.9 Å². The molecule has 4 aromatic rings. The van der Waals surface area contributed by atoms with Crippen LogP contribution in [0.3, 0.4) is 0 Å². The molecule has 1 unspecified atom stereocenters. The van der Waals surface area contributed by atoms with Crippen LogP contribution in [-0.4, -0.2) is 39.9 Å². The van der Waals surface area contributed by atoms with E-state index in [9.17, 15) is 4.79 Å². The minimum Gasteiger partial charge on any atom is -0.486 e. The lowest BCUT2D eigenvalue weighted by Gasteiger charge is -2.26. The van der Waals surface area contributed by atoms with E-state index in [2.05, 4.69) is 10.4 Å². The van der Waals surface area contributed by atoms with Gasteiger partial charge in [-0.1, -0.05) is 42.5 Å². The monoisotopic (exact) mass is 414 g/mol. The average molecular weight is 414 g/mol. The van der Waals surface area contributed by atoms with E-state index in [1.54, 1.807) is 4.68 Å². The molecule has 0 saturated heterocycles. The van der Waals surface area contributed by atoms with Crippen molar-refractivity contribution in [2.75, 3.05) is 13.2 Å². The van der Waals surface area contributed by atoms with Crippen LogP contribution in [0.5, 0.6) is 11.5 Å². The molecule has 2 aromatic carbocycles. The number of fused-ring (bicyclic) bond motifs is 2. The van der Waals surface area contributed by atoms with E-state index in [-0.39, 0.29) is 12.0 Å². The normalized spacial score (nSPS) is 15.1. The highest BCUT2D eigenvalue weighted by molar-refractivity contribution is 6.07. The molecule has 0 saturated carbocycles. The minimum absolute atomic E-state index is 0.192. The highest BCUT2D eigenvalue weighted by Crippen LogP contribution is 2.31. The number of hydrogen-bond donors (Lipinski definition) is 1. The van der Waals surface area contributed by atoms with Crippen LogP contribution < -0.4 is 14.8 Å². The number of amides is 1. The summed E-state index contributed by atoms with van der Waals surface area (Å²) in [6, 6.07) is 19.2. The van der Waals surface area contributed by atoms with Gasteiger partial charge in [0.25, 0.3) is 5.91 Å². The molecule has 1 aliphatic rings. The summed E-state index contributed by atoms with van der Waals surface area (Å²) in [5.74, 6) is 1.22. The van der Waals surface area contributed by atoms with E-state index in [1.165, 1.54) is 0 Å². The molecule has 7 heteroatoms. The first-order chi connectivity index (χ1) is 15.1. The van der Waals surface area contributed by atoms with Gasteiger partial charge in [-0.2, -0.15) is 5.10 Å². The predicted molar refractivity (Wildman–Crippen MR) is 117 cm³/mol. The Labute approximate surface area is 179 Å². The maximum Gasteiger partial charge on any atom is 0.252 e. The molecule has 0 fully saturated rings. The van der Waals surface area contributed by atoms with Crippen molar-refractivity contribution in [1.82, 2.24) is 20.1 Å². The van der Waals surface area contributed by atoms with Crippen LogP contribution in [0.25, 0.3) is 22.3 Å². The number of aromatic nitrogens is 3. The molecule has 0 radical (unpaired) electrons. The molecule has 0 spiro atoms. The number of hydrogen-bond acceptors (Lipinski definition) is 5. The summed E-state index contributed by atoms with van der Waals surface area (Å²) in [4.78, 5) is 18.0. The molecule has 2 aromatic heterocycles. The number of nitrogens with one attached hydrogen (secondary N) is 1. The molecule has 31 heavy (non-hydrogen) atoms. The molecule has 1 amide bonds. The summed E-state index contributed by atoms with van der Waals surface area (Å²) >= 11 is 0. The molecule has 0 bridgehead atoms. The smallest absolute Gasteiger partial charge is 0.252 e. The number of aryl methyl sites for hydroxylation is 2. The van der Waals surface area contributed by atoms with Gasteiger partial charge in [0.1, 0.15) is 12.7 Å². The lowest BCUT2D eigenvalue weighted by molar-refractivity contribution is 0.0790. The average Bonchev–Trinajstić information content (AvgIpc) is 3.10. The van der Waals surface area contributed by atoms with Crippen molar-refractivity contribution in [1.29, 1.82) is 0 Å². The maximum atomic E-state index is 13.2. The van der Waals surface area contributed by atoms with Crippen LogP contribution in [-0.2, 0) is 7.05 Å². The fourth-order valence-electron chi connectivity index (χ4n) is 3.85. The molecule has 3 heterocycles. The Balaban J connectivity index is 1.43. The van der Waals surface area contributed by atoms with E-state index < -0.39 is 0 Å². The van der Waals surface area contributed by atoms with Gasteiger partial charge < -0.3 is 14.8 Å². The summed E-state index contributed by atoms with van der Waals surface area (Å²) < 4.78 is 13.4. The number of carbonyl (C=O) groups is 1. The molecular formula is C24H22N4O3. The van der Waals surface area contributed by atoms with Gasteiger partial charge in [-0.25, -0.2) is 4.98 Å². The first-order valence-corrected chi connectivity index (χ1v) is 10.2. The topological polar surface area (TPSA) is 78.3 Å². The second-order valence-electron chi connectivity index (χ2n) is 7.54. The molecular weight excluding hydrogens is 392 g/mol. The van der Waals surface area contributed by atoms with E-state index in [4.69, 9.17) is 14.5 Å². The number of para-hydroxylation sites is 2. The maximum absolute atomic E-state index is 13.2. The van der Waals surface area contributed by atoms with Gasteiger partial charge >= 0.3 is 0 Å². The predicted octanol–water partition coefficient (Wildman–Crippen LogP) is 3.51. The molecule has 156 valence electrons. The number of rotatable bonds is 4. The molecule has 0 aliphatic carbocycles. The third kappa shape index (κ3) is 3.59. The van der Waals surface area contributed by atoms with Crippen LogP contribution in [0, 0.1) is 6.92 Å². The fourth-order valence-corrected chi connectivity index (χ4v) is 3.85. The molecule has 1 aliphatic heterocycles. The van der Waals surface area contributed by atoms with Crippen LogP contribution in [0.4, 0.5) is 0 Å². The highest BCUT2D eigenvalue weighted by Gasteiger charge is 2.23. The number of ether oxygens (including phenoxy) is 2. The third-order valence-electron chi connectivity index (χ3n) is 5.34. The van der Waals surface area contributed by atoms with Crippen LogP contribution in [0.1, 0.15) is 16.1 Å². The Kier molecular flexibility index (Phi) is 4.78. The second kappa shape index (κ2) is 7.75. The highest BCUT2D eigenvalue weighted by atomic mass is 16.6. The summed E-state index contributed by atoms with van der Waals surface area (Å²) in [7, 11) is 1.84. The van der Waals surface area contributed by atoms with Gasteiger partial charge in [-0.05, 0) is 25.1 Å². The minimum atomic E-state index is -0.264. The first-order valence-electron chi connectivity index (χ1n) is 10.2. The SMILES string of the molecule is Cc1nn(C)c2nc(-c3ccccc3)cc(C(=O)NCC3COc4ccccc4O3)c12. The number of carbonyl (C=O) groups excluding carboxylic acids is 1. The quantitative estimate of drug-likeness (QED) is 0.553. The number of pyridine rings is 1. The van der Waals surface area contributed by atoms with Crippen molar-refractivity contribution >= 4 is 16.9 Å². The van der Waals surface area contributed by atoms with E-state index in [0.29, 0.717) is 30.1 Å². The zero-order chi connectivity index (χ0) is 21.4. The fraction of sp³-hybridized carbons (Fsp3) is 0.208. The van der Waals surface area contributed by atoms with Crippen molar-refractivity contribution in [3.63, 3.8) is 0 Å². The molecule has 1 atom stereocenters. The van der Waals surface area contributed by atoms with Gasteiger partial charge in [0.15, 0.2) is 17.1 Å². The zero-order valence-electron chi connectivity index (χ0n) is 17.3. The Bertz CT molecular complexity index is 1270. The lowest BCUT2D eigenvalue weighted by atomic mass is 10.0. The van der Waals surface area contributed by atoms with Gasteiger partial charge in [-0.3, -0.25) is 9.48 Å². The molecule has 1 N–H and O–H groups in total. The van der Waals surface area contributed by atoms with Crippen molar-refractivity contribution in [3.8, 4) is 22.8 Å². The Hall–Kier alpha value is -3.87. The zero-order valence-corrected chi connectivity index (χ0v) is 17.3. The Morgan fingerprint density at radius 2 is 1.87 bits per heavy atom. The van der Waals surface area contributed by atoms with Gasteiger partial charge in [-0.15, -0.1) is 0 Å². The van der Waals surface area contributed by atoms with Crippen molar-refractivity contribution in [2.45, 2.75) is 13.0 Å².